The molecule has 16 heavy (non-hydrogen) atoms. The summed E-state index contributed by atoms with van der Waals surface area (Å²) in [6, 6.07) is 12.9. The molecule has 0 aromatic heterocycles. The predicted octanol–water partition coefficient (Wildman–Crippen LogP) is 2.84. The van der Waals surface area contributed by atoms with Gasteiger partial charge in [0.25, 0.3) is 0 Å². The quantitative estimate of drug-likeness (QED) is 0.790. The summed E-state index contributed by atoms with van der Waals surface area (Å²) in [7, 11) is 0. The highest BCUT2D eigenvalue weighted by atomic mass is 35.5. The van der Waals surface area contributed by atoms with Gasteiger partial charge in [-0.2, -0.15) is 5.26 Å². The Morgan fingerprint density at radius 3 is 2.38 bits per heavy atom. The zero-order valence-electron chi connectivity index (χ0n) is 9.30. The van der Waals surface area contributed by atoms with Gasteiger partial charge in [0.05, 0.1) is 6.07 Å². The highest BCUT2D eigenvalue weighted by molar-refractivity contribution is 5.85. The summed E-state index contributed by atoms with van der Waals surface area (Å²) < 4.78 is 0. The first-order chi connectivity index (χ1) is 7.38. The second kappa shape index (κ2) is 6.52. The lowest BCUT2D eigenvalue weighted by molar-refractivity contribution is 0.198. The third kappa shape index (κ3) is 3.52. The molecule has 1 aliphatic heterocycles. The molecule has 0 aliphatic carbocycles. The van der Waals surface area contributed by atoms with Crippen LogP contribution < -0.4 is 0 Å². The van der Waals surface area contributed by atoms with E-state index in [1.54, 1.807) is 0 Å². The van der Waals surface area contributed by atoms with E-state index in [0.717, 1.165) is 32.5 Å². The molecule has 0 unspecified atom stereocenters. The van der Waals surface area contributed by atoms with Crippen LogP contribution in [0.25, 0.3) is 0 Å². The fraction of sp³-hybridized carbons (Fsp3) is 0.462. The van der Waals surface area contributed by atoms with Gasteiger partial charge in [0, 0.05) is 12.5 Å². The number of hydrogen-bond donors (Lipinski definition) is 0. The fourth-order valence-corrected chi connectivity index (χ4v) is 2.06. The molecule has 0 N–H and O–H groups in total. The van der Waals surface area contributed by atoms with Crippen LogP contribution in [0.3, 0.4) is 0 Å². The van der Waals surface area contributed by atoms with Gasteiger partial charge < -0.3 is 0 Å². The standard InChI is InChI=1S/C13H16N2.ClH/c14-10-12-6-8-15(9-7-12)11-13-4-2-1-3-5-13;/h1-5,12H,6-9,11H2;1H. The van der Waals surface area contributed by atoms with Crippen LogP contribution in [0.5, 0.6) is 0 Å². The van der Waals surface area contributed by atoms with Crippen molar-refractivity contribution < 1.29 is 0 Å². The lowest BCUT2D eigenvalue weighted by Gasteiger charge is -2.28. The van der Waals surface area contributed by atoms with E-state index in [1.807, 2.05) is 6.07 Å². The first-order valence-corrected chi connectivity index (χ1v) is 5.54. The number of nitrogens with zero attached hydrogens (tertiary/aromatic N) is 2. The van der Waals surface area contributed by atoms with E-state index < -0.39 is 0 Å². The highest BCUT2D eigenvalue weighted by Crippen LogP contribution is 2.17. The molecule has 0 amide bonds. The minimum absolute atomic E-state index is 0. The van der Waals surface area contributed by atoms with E-state index in [2.05, 4.69) is 35.2 Å². The Kier molecular flexibility index (Phi) is 5.31. The maximum absolute atomic E-state index is 8.80. The molecule has 0 atom stereocenters. The number of nitriles is 1. The van der Waals surface area contributed by atoms with Crippen molar-refractivity contribution in [3.8, 4) is 6.07 Å². The molecule has 86 valence electrons. The van der Waals surface area contributed by atoms with Gasteiger partial charge in [-0.05, 0) is 31.5 Å². The van der Waals surface area contributed by atoms with Crippen molar-refractivity contribution in [1.29, 1.82) is 5.26 Å². The Bertz CT molecular complexity index is 337. The summed E-state index contributed by atoms with van der Waals surface area (Å²) >= 11 is 0. The Balaban J connectivity index is 0.00000128. The molecule has 2 nitrogen and oxygen atoms in total. The molecule has 2 rings (SSSR count). The van der Waals surface area contributed by atoms with Crippen molar-refractivity contribution in [3.05, 3.63) is 35.9 Å². The zero-order chi connectivity index (χ0) is 10.5. The molecule has 3 heteroatoms. The van der Waals surface area contributed by atoms with Crippen LogP contribution >= 0.6 is 12.4 Å². The van der Waals surface area contributed by atoms with Gasteiger partial charge in [0.15, 0.2) is 0 Å². The van der Waals surface area contributed by atoms with Crippen LogP contribution in [0.1, 0.15) is 18.4 Å². The summed E-state index contributed by atoms with van der Waals surface area (Å²) in [6.07, 6.45) is 2.06. The number of hydrogen-bond acceptors (Lipinski definition) is 2. The molecule has 1 saturated heterocycles. The summed E-state index contributed by atoms with van der Waals surface area (Å²) in [5, 5.41) is 8.80. The highest BCUT2D eigenvalue weighted by Gasteiger charge is 2.18. The summed E-state index contributed by atoms with van der Waals surface area (Å²) in [6.45, 7) is 3.15. The van der Waals surface area contributed by atoms with Gasteiger partial charge in [0.1, 0.15) is 0 Å². The molecular weight excluding hydrogens is 220 g/mol. The summed E-state index contributed by atoms with van der Waals surface area (Å²) in [4.78, 5) is 2.43. The molecule has 1 heterocycles. The van der Waals surface area contributed by atoms with Crippen molar-refractivity contribution in [1.82, 2.24) is 4.90 Å². The van der Waals surface area contributed by atoms with E-state index in [0.29, 0.717) is 0 Å². The van der Waals surface area contributed by atoms with Crippen LogP contribution in [-0.4, -0.2) is 18.0 Å². The molecule has 1 aliphatic rings. The first-order valence-electron chi connectivity index (χ1n) is 5.54. The van der Waals surface area contributed by atoms with E-state index in [4.69, 9.17) is 5.26 Å². The zero-order valence-corrected chi connectivity index (χ0v) is 10.1. The first kappa shape index (κ1) is 13.0. The molecule has 0 radical (unpaired) electrons. The van der Waals surface area contributed by atoms with Crippen molar-refractivity contribution >= 4 is 12.4 Å². The Hall–Kier alpha value is -1.04. The Morgan fingerprint density at radius 2 is 1.81 bits per heavy atom. The van der Waals surface area contributed by atoms with E-state index in [-0.39, 0.29) is 18.3 Å². The SMILES string of the molecule is Cl.N#CC1CCN(Cc2ccccc2)CC1. The molecule has 1 fully saturated rings. The lowest BCUT2D eigenvalue weighted by Crippen LogP contribution is -2.32. The molecule has 0 saturated carbocycles. The van der Waals surface area contributed by atoms with Crippen LogP contribution in [0.15, 0.2) is 30.3 Å². The third-order valence-electron chi connectivity index (χ3n) is 3.02. The van der Waals surface area contributed by atoms with Gasteiger partial charge >= 0.3 is 0 Å². The van der Waals surface area contributed by atoms with Crippen LogP contribution in [0, 0.1) is 17.2 Å². The molecule has 0 bridgehead atoms. The number of halogens is 1. The summed E-state index contributed by atoms with van der Waals surface area (Å²) in [5.41, 5.74) is 1.37. The minimum atomic E-state index is 0. The number of rotatable bonds is 2. The van der Waals surface area contributed by atoms with E-state index in [1.165, 1.54) is 5.56 Å². The van der Waals surface area contributed by atoms with Gasteiger partial charge in [0.2, 0.25) is 0 Å². The normalized spacial score (nSPS) is 17.4. The van der Waals surface area contributed by atoms with E-state index >= 15 is 0 Å². The maximum atomic E-state index is 8.80. The Labute approximate surface area is 103 Å². The van der Waals surface area contributed by atoms with Crippen molar-refractivity contribution in [2.75, 3.05) is 13.1 Å². The fourth-order valence-electron chi connectivity index (χ4n) is 2.06. The van der Waals surface area contributed by atoms with Gasteiger partial charge in [-0.15, -0.1) is 12.4 Å². The second-order valence-electron chi connectivity index (χ2n) is 4.17. The Morgan fingerprint density at radius 1 is 1.19 bits per heavy atom. The third-order valence-corrected chi connectivity index (χ3v) is 3.02. The molecule has 0 spiro atoms. The molecular formula is C13H17ClN2. The van der Waals surface area contributed by atoms with Gasteiger partial charge in [-0.3, -0.25) is 4.90 Å². The van der Waals surface area contributed by atoms with Crippen LogP contribution in [-0.2, 0) is 6.54 Å². The monoisotopic (exact) mass is 236 g/mol. The van der Waals surface area contributed by atoms with Crippen LogP contribution in [0.4, 0.5) is 0 Å². The molecule has 1 aromatic carbocycles. The largest absolute Gasteiger partial charge is 0.299 e. The second-order valence-corrected chi connectivity index (χ2v) is 4.17. The lowest BCUT2D eigenvalue weighted by atomic mass is 9.98. The smallest absolute Gasteiger partial charge is 0.0656 e. The van der Waals surface area contributed by atoms with Crippen molar-refractivity contribution in [2.24, 2.45) is 5.92 Å². The predicted molar refractivity (Wildman–Crippen MR) is 67.3 cm³/mol. The number of benzene rings is 1. The number of piperidine rings is 1. The summed E-state index contributed by atoms with van der Waals surface area (Å²) in [5.74, 6) is 0.289. The maximum Gasteiger partial charge on any atom is 0.0656 e. The minimum Gasteiger partial charge on any atom is -0.299 e. The van der Waals surface area contributed by atoms with Crippen molar-refractivity contribution in [3.63, 3.8) is 0 Å². The van der Waals surface area contributed by atoms with E-state index in [9.17, 15) is 0 Å². The molecule has 1 aromatic rings. The van der Waals surface area contributed by atoms with Gasteiger partial charge in [-0.1, -0.05) is 30.3 Å². The topological polar surface area (TPSA) is 27.0 Å². The number of likely N-dealkylation sites (tertiary alicyclic amines) is 1. The van der Waals surface area contributed by atoms with Crippen LogP contribution in [0.2, 0.25) is 0 Å². The van der Waals surface area contributed by atoms with Crippen molar-refractivity contribution in [2.45, 2.75) is 19.4 Å². The average molecular weight is 237 g/mol. The average Bonchev–Trinajstić information content (AvgIpc) is 2.31. The van der Waals surface area contributed by atoms with Gasteiger partial charge in [-0.25, -0.2) is 0 Å².